The Morgan fingerprint density at radius 3 is 2.61 bits per heavy atom. The van der Waals surface area contributed by atoms with E-state index in [9.17, 15) is 13.2 Å². The second-order valence-corrected chi connectivity index (χ2v) is 4.48. The van der Waals surface area contributed by atoms with E-state index in [2.05, 4.69) is 25.2 Å². The zero-order valence-corrected chi connectivity index (χ0v) is 12.1. The SMILES string of the molecule is Cc1noc(CNC(N)=NCc2ccc(OC(F)(F)F)cc2)n1. The third kappa shape index (κ3) is 5.85. The average molecular weight is 329 g/mol. The molecule has 0 bridgehead atoms. The lowest BCUT2D eigenvalue weighted by Gasteiger charge is -2.08. The zero-order valence-electron chi connectivity index (χ0n) is 12.1. The standard InChI is InChI=1S/C13H14F3N5O2/c1-8-20-11(23-21-8)7-19-12(17)18-6-9-2-4-10(5-3-9)22-13(14,15)16/h2-5H,6-7H2,1H3,(H3,17,18,19). The van der Waals surface area contributed by atoms with Gasteiger partial charge in [0.05, 0.1) is 13.1 Å². The van der Waals surface area contributed by atoms with Crippen LogP contribution in [0.3, 0.4) is 0 Å². The highest BCUT2D eigenvalue weighted by molar-refractivity contribution is 5.77. The molecular weight excluding hydrogens is 315 g/mol. The van der Waals surface area contributed by atoms with Gasteiger partial charge < -0.3 is 20.3 Å². The molecule has 124 valence electrons. The predicted octanol–water partition coefficient (Wildman–Crippen LogP) is 1.88. The molecule has 3 N–H and O–H groups in total. The summed E-state index contributed by atoms with van der Waals surface area (Å²) in [6, 6.07) is 5.37. The van der Waals surface area contributed by atoms with Crippen LogP contribution in [0.15, 0.2) is 33.8 Å². The van der Waals surface area contributed by atoms with E-state index >= 15 is 0 Å². The molecule has 10 heteroatoms. The first-order valence-electron chi connectivity index (χ1n) is 6.49. The predicted molar refractivity (Wildman–Crippen MR) is 74.3 cm³/mol. The van der Waals surface area contributed by atoms with E-state index in [0.29, 0.717) is 17.3 Å². The van der Waals surface area contributed by atoms with Gasteiger partial charge in [-0.25, -0.2) is 4.99 Å². The molecular formula is C13H14F3N5O2. The van der Waals surface area contributed by atoms with Crippen LogP contribution in [0.1, 0.15) is 17.3 Å². The Hall–Kier alpha value is -2.78. The van der Waals surface area contributed by atoms with Crippen molar-refractivity contribution in [3.8, 4) is 5.75 Å². The van der Waals surface area contributed by atoms with Crippen molar-refractivity contribution in [2.45, 2.75) is 26.4 Å². The lowest BCUT2D eigenvalue weighted by Crippen LogP contribution is -2.31. The summed E-state index contributed by atoms with van der Waals surface area (Å²) < 4.78 is 44.8. The molecule has 0 spiro atoms. The summed E-state index contributed by atoms with van der Waals surface area (Å²) in [5.74, 6) is 0.743. The van der Waals surface area contributed by atoms with Crippen LogP contribution in [0.4, 0.5) is 13.2 Å². The zero-order chi connectivity index (χ0) is 16.9. The molecule has 0 radical (unpaired) electrons. The van der Waals surface area contributed by atoms with Gasteiger partial charge >= 0.3 is 6.36 Å². The molecule has 2 rings (SSSR count). The van der Waals surface area contributed by atoms with Crippen molar-refractivity contribution in [3.63, 3.8) is 0 Å². The van der Waals surface area contributed by atoms with Gasteiger partial charge in [0.15, 0.2) is 11.8 Å². The molecule has 0 atom stereocenters. The first-order valence-corrected chi connectivity index (χ1v) is 6.49. The van der Waals surface area contributed by atoms with Crippen LogP contribution in [0.25, 0.3) is 0 Å². The van der Waals surface area contributed by atoms with Crippen molar-refractivity contribution in [3.05, 3.63) is 41.5 Å². The van der Waals surface area contributed by atoms with Gasteiger partial charge in [-0.2, -0.15) is 4.98 Å². The normalized spacial score (nSPS) is 12.3. The van der Waals surface area contributed by atoms with E-state index in [4.69, 9.17) is 10.3 Å². The van der Waals surface area contributed by atoms with Crippen molar-refractivity contribution >= 4 is 5.96 Å². The first kappa shape index (κ1) is 16.6. The lowest BCUT2D eigenvalue weighted by atomic mass is 10.2. The topological polar surface area (TPSA) is 98.6 Å². The van der Waals surface area contributed by atoms with E-state index in [1.807, 2.05) is 0 Å². The van der Waals surface area contributed by atoms with E-state index in [0.717, 1.165) is 0 Å². The summed E-state index contributed by atoms with van der Waals surface area (Å²) in [6.07, 6.45) is -4.71. The molecule has 0 amide bonds. The number of ether oxygens (including phenoxy) is 1. The minimum atomic E-state index is -4.71. The highest BCUT2D eigenvalue weighted by Crippen LogP contribution is 2.22. The number of aromatic nitrogens is 2. The Morgan fingerprint density at radius 1 is 1.35 bits per heavy atom. The maximum absolute atomic E-state index is 12.0. The van der Waals surface area contributed by atoms with Gasteiger partial charge in [-0.05, 0) is 24.6 Å². The molecule has 0 aliphatic carbocycles. The molecule has 7 nitrogen and oxygen atoms in total. The number of nitrogens with one attached hydrogen (secondary N) is 1. The van der Waals surface area contributed by atoms with Gasteiger partial charge in [-0.1, -0.05) is 17.3 Å². The van der Waals surface area contributed by atoms with E-state index < -0.39 is 6.36 Å². The van der Waals surface area contributed by atoms with Gasteiger partial charge in [0.1, 0.15) is 5.75 Å². The summed E-state index contributed by atoms with van der Waals surface area (Å²) >= 11 is 0. The largest absolute Gasteiger partial charge is 0.573 e. The Balaban J connectivity index is 1.84. The molecule has 0 fully saturated rings. The molecule has 23 heavy (non-hydrogen) atoms. The third-order valence-corrected chi connectivity index (χ3v) is 2.58. The Bertz CT molecular complexity index is 667. The summed E-state index contributed by atoms with van der Waals surface area (Å²) in [5.41, 5.74) is 6.34. The van der Waals surface area contributed by atoms with Crippen LogP contribution in [0, 0.1) is 6.92 Å². The number of nitrogens with two attached hydrogens (primary N) is 1. The smallest absolute Gasteiger partial charge is 0.406 e. The van der Waals surface area contributed by atoms with Crippen LogP contribution < -0.4 is 15.8 Å². The molecule has 1 heterocycles. The number of benzene rings is 1. The number of aliphatic imine (C=N–C) groups is 1. The van der Waals surface area contributed by atoms with Gasteiger partial charge in [-0.3, -0.25) is 0 Å². The number of hydrogen-bond donors (Lipinski definition) is 2. The maximum atomic E-state index is 12.0. The molecule has 0 unspecified atom stereocenters. The number of aryl methyl sites for hydroxylation is 1. The third-order valence-electron chi connectivity index (χ3n) is 2.58. The molecule has 0 aliphatic rings. The highest BCUT2D eigenvalue weighted by Gasteiger charge is 2.30. The van der Waals surface area contributed by atoms with Crippen molar-refractivity contribution in [2.75, 3.05) is 0 Å². The number of alkyl halides is 3. The van der Waals surface area contributed by atoms with Crippen LogP contribution in [0.5, 0.6) is 5.75 Å². The fourth-order valence-electron chi connectivity index (χ4n) is 1.61. The average Bonchev–Trinajstić information content (AvgIpc) is 2.88. The monoisotopic (exact) mass is 329 g/mol. The second-order valence-electron chi connectivity index (χ2n) is 4.48. The van der Waals surface area contributed by atoms with Crippen LogP contribution in [-0.2, 0) is 13.1 Å². The number of hydrogen-bond acceptors (Lipinski definition) is 5. The van der Waals surface area contributed by atoms with Gasteiger partial charge in [0.25, 0.3) is 0 Å². The number of nitrogens with zero attached hydrogens (tertiary/aromatic N) is 3. The van der Waals surface area contributed by atoms with Gasteiger partial charge in [0, 0.05) is 0 Å². The molecule has 0 saturated carbocycles. The van der Waals surface area contributed by atoms with Gasteiger partial charge in [-0.15, -0.1) is 13.2 Å². The molecule has 1 aromatic carbocycles. The molecule has 1 aromatic heterocycles. The number of rotatable bonds is 5. The van der Waals surface area contributed by atoms with Crippen LogP contribution >= 0.6 is 0 Å². The minimum Gasteiger partial charge on any atom is -0.406 e. The highest BCUT2D eigenvalue weighted by atomic mass is 19.4. The molecule has 2 aromatic rings. The summed E-state index contributed by atoms with van der Waals surface area (Å²) in [4.78, 5) is 8.03. The fourth-order valence-corrected chi connectivity index (χ4v) is 1.61. The minimum absolute atomic E-state index is 0.150. The van der Waals surface area contributed by atoms with Crippen molar-refractivity contribution in [1.29, 1.82) is 0 Å². The lowest BCUT2D eigenvalue weighted by molar-refractivity contribution is -0.274. The number of guanidine groups is 1. The summed E-state index contributed by atoms with van der Waals surface area (Å²) in [7, 11) is 0. The summed E-state index contributed by atoms with van der Waals surface area (Å²) in [5, 5.41) is 6.41. The summed E-state index contributed by atoms with van der Waals surface area (Å²) in [6.45, 7) is 2.12. The van der Waals surface area contributed by atoms with E-state index in [1.165, 1.54) is 24.3 Å². The molecule has 0 saturated heterocycles. The fraction of sp³-hybridized carbons (Fsp3) is 0.308. The van der Waals surface area contributed by atoms with Gasteiger partial charge in [0.2, 0.25) is 5.89 Å². The maximum Gasteiger partial charge on any atom is 0.573 e. The quantitative estimate of drug-likeness (QED) is 0.642. The Kier molecular flexibility index (Phi) is 5.04. The molecule has 0 aliphatic heterocycles. The second kappa shape index (κ2) is 6.99. The van der Waals surface area contributed by atoms with Crippen molar-refractivity contribution in [1.82, 2.24) is 15.5 Å². The Labute approximate surface area is 129 Å². The van der Waals surface area contributed by atoms with Crippen molar-refractivity contribution in [2.24, 2.45) is 10.7 Å². The number of halogens is 3. The van der Waals surface area contributed by atoms with E-state index in [1.54, 1.807) is 6.92 Å². The van der Waals surface area contributed by atoms with Crippen molar-refractivity contribution < 1.29 is 22.4 Å². The first-order chi connectivity index (χ1) is 10.8. The Morgan fingerprint density at radius 2 is 2.04 bits per heavy atom. The van der Waals surface area contributed by atoms with E-state index in [-0.39, 0.29) is 24.8 Å². The van der Waals surface area contributed by atoms with Crippen LogP contribution in [0.2, 0.25) is 0 Å². The van der Waals surface area contributed by atoms with Crippen LogP contribution in [-0.4, -0.2) is 22.5 Å².